The van der Waals surface area contributed by atoms with Gasteiger partial charge in [-0.3, -0.25) is 10.1 Å². The Bertz CT molecular complexity index is 341. The number of carbonyl (C=O) groups is 1. The number of rotatable bonds is 6. The van der Waals surface area contributed by atoms with E-state index in [1.807, 2.05) is 13.8 Å². The van der Waals surface area contributed by atoms with Gasteiger partial charge in [-0.15, -0.1) is 0 Å². The molecule has 4 heteroatoms. The molecular weight excluding hydrogens is 240 g/mol. The first kappa shape index (κ1) is 14.8. The van der Waals surface area contributed by atoms with Gasteiger partial charge in [0.1, 0.15) is 5.54 Å². The van der Waals surface area contributed by atoms with Crippen molar-refractivity contribution in [2.45, 2.75) is 76.5 Å². The molecular formula is C15H28N2O2. The van der Waals surface area contributed by atoms with Gasteiger partial charge in [-0.2, -0.15) is 0 Å². The fraction of sp³-hybridized carbons (Fsp3) is 0.933. The van der Waals surface area contributed by atoms with Crippen molar-refractivity contribution < 1.29 is 9.90 Å². The first-order valence-electron chi connectivity index (χ1n) is 7.59. The van der Waals surface area contributed by atoms with E-state index in [1.54, 1.807) is 0 Å². The normalized spacial score (nSPS) is 33.1. The van der Waals surface area contributed by atoms with Crippen molar-refractivity contribution in [1.29, 1.82) is 0 Å². The Balaban J connectivity index is 2.01. The molecule has 0 radical (unpaired) electrons. The average molecular weight is 268 g/mol. The van der Waals surface area contributed by atoms with E-state index in [0.717, 1.165) is 25.2 Å². The van der Waals surface area contributed by atoms with Crippen LogP contribution in [0.1, 0.15) is 52.9 Å². The molecule has 0 amide bonds. The topological polar surface area (TPSA) is 52.6 Å². The summed E-state index contributed by atoms with van der Waals surface area (Å²) in [6.07, 6.45) is 5.14. The van der Waals surface area contributed by atoms with Gasteiger partial charge in [-0.25, -0.2) is 0 Å². The third kappa shape index (κ3) is 3.11. The van der Waals surface area contributed by atoms with Crippen molar-refractivity contribution in [2.75, 3.05) is 7.05 Å². The SMILES string of the molecule is CC(C)NC1(C(=O)O)CCC(N(C)C(C)C2CC2)C1. The van der Waals surface area contributed by atoms with E-state index in [1.165, 1.54) is 12.8 Å². The van der Waals surface area contributed by atoms with Crippen LogP contribution in [0.3, 0.4) is 0 Å². The third-order valence-corrected chi connectivity index (χ3v) is 4.99. The van der Waals surface area contributed by atoms with Crippen LogP contribution in [-0.4, -0.2) is 46.7 Å². The molecule has 3 unspecified atom stereocenters. The molecule has 3 atom stereocenters. The lowest BCUT2D eigenvalue weighted by Crippen LogP contribution is -2.54. The largest absolute Gasteiger partial charge is 0.480 e. The second-order valence-electron chi connectivity index (χ2n) is 6.83. The minimum atomic E-state index is -0.712. The van der Waals surface area contributed by atoms with Crippen LogP contribution in [0, 0.1) is 5.92 Å². The second kappa shape index (κ2) is 5.41. The Morgan fingerprint density at radius 3 is 2.42 bits per heavy atom. The van der Waals surface area contributed by atoms with Gasteiger partial charge in [0.25, 0.3) is 0 Å². The monoisotopic (exact) mass is 268 g/mol. The first-order chi connectivity index (χ1) is 8.85. The summed E-state index contributed by atoms with van der Waals surface area (Å²) in [7, 11) is 2.17. The third-order valence-electron chi connectivity index (χ3n) is 4.99. The zero-order chi connectivity index (χ0) is 14.2. The van der Waals surface area contributed by atoms with Crippen LogP contribution in [0.2, 0.25) is 0 Å². The summed E-state index contributed by atoms with van der Waals surface area (Å²) in [5.41, 5.74) is -0.712. The van der Waals surface area contributed by atoms with Crippen LogP contribution in [0.15, 0.2) is 0 Å². The molecule has 0 aromatic rings. The number of aliphatic carboxylic acids is 1. The minimum absolute atomic E-state index is 0.209. The molecule has 19 heavy (non-hydrogen) atoms. The molecule has 0 heterocycles. The van der Waals surface area contributed by atoms with E-state index in [0.29, 0.717) is 12.1 Å². The molecule has 2 rings (SSSR count). The average Bonchev–Trinajstić information content (AvgIpc) is 3.08. The lowest BCUT2D eigenvalue weighted by molar-refractivity contribution is -0.145. The molecule has 0 aromatic carbocycles. The predicted molar refractivity (Wildman–Crippen MR) is 76.2 cm³/mol. The van der Waals surface area contributed by atoms with Crippen LogP contribution in [-0.2, 0) is 4.79 Å². The highest BCUT2D eigenvalue weighted by molar-refractivity contribution is 5.79. The van der Waals surface area contributed by atoms with E-state index in [9.17, 15) is 9.90 Å². The molecule has 0 aromatic heterocycles. The highest BCUT2D eigenvalue weighted by Gasteiger charge is 2.48. The Kier molecular flexibility index (Phi) is 4.21. The van der Waals surface area contributed by atoms with Crippen LogP contribution >= 0.6 is 0 Å². The molecule has 110 valence electrons. The highest BCUT2D eigenvalue weighted by atomic mass is 16.4. The molecule has 2 saturated carbocycles. The van der Waals surface area contributed by atoms with E-state index in [4.69, 9.17) is 0 Å². The quantitative estimate of drug-likeness (QED) is 0.774. The standard InChI is InChI=1S/C15H28N2O2/c1-10(2)16-15(14(18)19)8-7-13(9-15)17(4)11(3)12-5-6-12/h10-13,16H,5-9H2,1-4H3,(H,18,19). The number of nitrogens with zero attached hydrogens (tertiary/aromatic N) is 1. The number of hydrogen-bond donors (Lipinski definition) is 2. The van der Waals surface area contributed by atoms with Gasteiger partial charge in [0, 0.05) is 18.1 Å². The molecule has 0 aliphatic heterocycles. The van der Waals surface area contributed by atoms with Crippen molar-refractivity contribution >= 4 is 5.97 Å². The fourth-order valence-corrected chi connectivity index (χ4v) is 3.55. The molecule has 0 spiro atoms. The molecule has 2 fully saturated rings. The number of carboxylic acid groups (broad SMARTS) is 1. The molecule has 0 saturated heterocycles. The molecule has 2 N–H and O–H groups in total. The van der Waals surface area contributed by atoms with Gasteiger partial charge in [0.2, 0.25) is 0 Å². The van der Waals surface area contributed by atoms with Crippen LogP contribution < -0.4 is 5.32 Å². The fourth-order valence-electron chi connectivity index (χ4n) is 3.55. The van der Waals surface area contributed by atoms with Crippen molar-refractivity contribution in [1.82, 2.24) is 10.2 Å². The molecule has 2 aliphatic carbocycles. The number of carboxylic acids is 1. The van der Waals surface area contributed by atoms with E-state index < -0.39 is 11.5 Å². The summed E-state index contributed by atoms with van der Waals surface area (Å²) in [5, 5.41) is 12.9. The Labute approximate surface area is 116 Å². The molecule has 0 bridgehead atoms. The smallest absolute Gasteiger partial charge is 0.323 e. The maximum absolute atomic E-state index is 11.7. The van der Waals surface area contributed by atoms with Gasteiger partial charge < -0.3 is 10.0 Å². The van der Waals surface area contributed by atoms with Gasteiger partial charge >= 0.3 is 5.97 Å². The Hall–Kier alpha value is -0.610. The Morgan fingerprint density at radius 2 is 1.95 bits per heavy atom. The lowest BCUT2D eigenvalue weighted by Gasteiger charge is -2.33. The molecule has 2 aliphatic rings. The van der Waals surface area contributed by atoms with E-state index >= 15 is 0 Å². The molecule has 4 nitrogen and oxygen atoms in total. The summed E-state index contributed by atoms with van der Waals surface area (Å²) in [6, 6.07) is 1.20. The highest BCUT2D eigenvalue weighted by Crippen LogP contribution is 2.39. The van der Waals surface area contributed by atoms with Crippen LogP contribution in [0.5, 0.6) is 0 Å². The maximum atomic E-state index is 11.7. The summed E-state index contributed by atoms with van der Waals surface area (Å²) in [6.45, 7) is 6.33. The summed E-state index contributed by atoms with van der Waals surface area (Å²) in [5.74, 6) is 0.152. The maximum Gasteiger partial charge on any atom is 0.323 e. The van der Waals surface area contributed by atoms with Crippen molar-refractivity contribution in [3.63, 3.8) is 0 Å². The van der Waals surface area contributed by atoms with Crippen molar-refractivity contribution in [3.8, 4) is 0 Å². The Morgan fingerprint density at radius 1 is 1.32 bits per heavy atom. The first-order valence-corrected chi connectivity index (χ1v) is 7.59. The summed E-state index contributed by atoms with van der Waals surface area (Å²) >= 11 is 0. The lowest BCUT2D eigenvalue weighted by atomic mass is 9.96. The van der Waals surface area contributed by atoms with E-state index in [-0.39, 0.29) is 6.04 Å². The summed E-state index contributed by atoms with van der Waals surface area (Å²) in [4.78, 5) is 14.1. The summed E-state index contributed by atoms with van der Waals surface area (Å²) < 4.78 is 0. The van der Waals surface area contributed by atoms with Gasteiger partial charge in [-0.05, 0) is 65.8 Å². The second-order valence-corrected chi connectivity index (χ2v) is 6.83. The predicted octanol–water partition coefficient (Wildman–Crippen LogP) is 2.09. The van der Waals surface area contributed by atoms with Gasteiger partial charge in [0.05, 0.1) is 0 Å². The number of hydrogen-bond acceptors (Lipinski definition) is 3. The number of nitrogens with one attached hydrogen (secondary N) is 1. The van der Waals surface area contributed by atoms with E-state index in [2.05, 4.69) is 24.2 Å². The minimum Gasteiger partial charge on any atom is -0.480 e. The van der Waals surface area contributed by atoms with Gasteiger partial charge in [-0.1, -0.05) is 0 Å². The zero-order valence-electron chi connectivity index (χ0n) is 12.6. The van der Waals surface area contributed by atoms with Gasteiger partial charge in [0.15, 0.2) is 0 Å². The zero-order valence-corrected chi connectivity index (χ0v) is 12.6. The van der Waals surface area contributed by atoms with Crippen molar-refractivity contribution in [2.24, 2.45) is 5.92 Å². The van der Waals surface area contributed by atoms with Crippen LogP contribution in [0.4, 0.5) is 0 Å². The van der Waals surface area contributed by atoms with Crippen LogP contribution in [0.25, 0.3) is 0 Å². The van der Waals surface area contributed by atoms with Crippen molar-refractivity contribution in [3.05, 3.63) is 0 Å².